The minimum absolute atomic E-state index is 0. The molecule has 0 bridgehead atoms. The van der Waals surface area contributed by atoms with Gasteiger partial charge in [-0.15, -0.1) is 0 Å². The molecule has 1 amide bonds. The van der Waals surface area contributed by atoms with Gasteiger partial charge in [0.2, 0.25) is 0 Å². The Morgan fingerprint density at radius 2 is 1.78 bits per heavy atom. The average molecular weight is 412 g/mol. The van der Waals surface area contributed by atoms with E-state index in [0.717, 1.165) is 0 Å². The number of aryl methyl sites for hydroxylation is 1. The summed E-state index contributed by atoms with van der Waals surface area (Å²) in [4.78, 5) is 12.6. The lowest BCUT2D eigenvalue weighted by atomic mass is 10.0. The van der Waals surface area contributed by atoms with Crippen LogP contribution in [0.25, 0.3) is 0 Å². The summed E-state index contributed by atoms with van der Waals surface area (Å²) in [6.45, 7) is 7.47. The zero-order valence-corrected chi connectivity index (χ0v) is 17.7. The number of anilines is 1. The number of hydrogen-bond acceptors (Lipinski definition) is 3. The Balaban J connectivity index is 0.00000364. The number of halogens is 1. The van der Waals surface area contributed by atoms with Crippen molar-refractivity contribution in [1.82, 2.24) is 0 Å². The summed E-state index contributed by atoms with van der Waals surface area (Å²) in [6.07, 6.45) is 0. The predicted octanol–water partition coefficient (Wildman–Crippen LogP) is 4.57. The quantitative estimate of drug-likeness (QED) is 0.758. The fourth-order valence-corrected chi connectivity index (χ4v) is 4.25. The molecule has 148 valence electrons. The second kappa shape index (κ2) is 9.37. The molecule has 2 aromatic rings. The first-order valence-corrected chi connectivity index (χ1v) is 10.2. The highest BCUT2D eigenvalue weighted by molar-refractivity contribution is 7.91. The summed E-state index contributed by atoms with van der Waals surface area (Å²) in [5.41, 5.74) is 1.11. The monoisotopic (exact) mass is 411 g/mol. The van der Waals surface area contributed by atoms with Gasteiger partial charge in [-0.25, -0.2) is 12.8 Å². The first-order chi connectivity index (χ1) is 12.1. The molecule has 4 nitrogen and oxygen atoms in total. The lowest BCUT2D eigenvalue weighted by Crippen LogP contribution is -2.19. The number of rotatable bonds is 6. The van der Waals surface area contributed by atoms with Crippen LogP contribution in [0.5, 0.6) is 0 Å². The van der Waals surface area contributed by atoms with Crippen molar-refractivity contribution in [2.75, 3.05) is 11.1 Å². The standard InChI is InChI=1S/C20H24FNO3S.H2S/c1-13(2)15(4)12-26(24,25)18-7-5-6-16(11-18)20(23)22-17-8-9-19(21)14(3)10-17;/h5-11,13,15H,12H2,1-4H3,(H,22,23);1H2/t15-;/m1./s1. The zero-order chi connectivity index (χ0) is 19.5. The molecule has 1 N–H and O–H groups in total. The topological polar surface area (TPSA) is 63.2 Å². The number of benzene rings is 2. The van der Waals surface area contributed by atoms with Gasteiger partial charge in [0.05, 0.1) is 10.6 Å². The number of amides is 1. The summed E-state index contributed by atoms with van der Waals surface area (Å²) in [6, 6.07) is 10.3. The largest absolute Gasteiger partial charge is 0.322 e. The third-order valence-corrected chi connectivity index (χ3v) is 6.43. The summed E-state index contributed by atoms with van der Waals surface area (Å²) in [7, 11) is -3.48. The molecule has 0 aliphatic rings. The molecule has 0 aromatic heterocycles. The van der Waals surface area contributed by atoms with Gasteiger partial charge in [0.1, 0.15) is 5.82 Å². The highest BCUT2D eigenvalue weighted by atomic mass is 32.2. The number of nitrogens with one attached hydrogen (secondary N) is 1. The Bertz CT molecular complexity index is 911. The van der Waals surface area contributed by atoms with Gasteiger partial charge in [-0.2, -0.15) is 13.5 Å². The van der Waals surface area contributed by atoms with Crippen molar-refractivity contribution in [2.45, 2.75) is 32.6 Å². The molecular formula is C20H26FNO3S2. The molecule has 2 aromatic carbocycles. The molecule has 27 heavy (non-hydrogen) atoms. The molecule has 0 spiro atoms. The van der Waals surface area contributed by atoms with E-state index in [1.807, 2.05) is 20.8 Å². The molecule has 1 atom stereocenters. The molecule has 0 saturated carbocycles. The van der Waals surface area contributed by atoms with E-state index in [-0.39, 0.29) is 47.4 Å². The van der Waals surface area contributed by atoms with E-state index in [0.29, 0.717) is 11.3 Å². The molecule has 2 rings (SSSR count). The van der Waals surface area contributed by atoms with Crippen LogP contribution in [-0.2, 0) is 9.84 Å². The first kappa shape index (κ1) is 23.2. The summed E-state index contributed by atoms with van der Waals surface area (Å²) in [5.74, 6) is -0.495. The maximum Gasteiger partial charge on any atom is 0.255 e. The molecule has 0 aliphatic heterocycles. The van der Waals surface area contributed by atoms with Crippen molar-refractivity contribution in [3.8, 4) is 0 Å². The van der Waals surface area contributed by atoms with Gasteiger partial charge in [0.15, 0.2) is 9.84 Å². The van der Waals surface area contributed by atoms with Crippen molar-refractivity contribution in [1.29, 1.82) is 0 Å². The highest BCUT2D eigenvalue weighted by Crippen LogP contribution is 2.21. The number of hydrogen-bond donors (Lipinski definition) is 1. The summed E-state index contributed by atoms with van der Waals surface area (Å²) < 4.78 is 38.5. The van der Waals surface area contributed by atoms with Crippen molar-refractivity contribution in [2.24, 2.45) is 11.8 Å². The Labute approximate surface area is 167 Å². The smallest absolute Gasteiger partial charge is 0.255 e. The minimum atomic E-state index is -3.48. The van der Waals surface area contributed by atoms with Gasteiger partial charge in [0.25, 0.3) is 5.91 Å². The van der Waals surface area contributed by atoms with E-state index in [2.05, 4.69) is 5.32 Å². The van der Waals surface area contributed by atoms with E-state index in [9.17, 15) is 17.6 Å². The lowest BCUT2D eigenvalue weighted by molar-refractivity contribution is 0.102. The van der Waals surface area contributed by atoms with Crippen molar-refractivity contribution < 1.29 is 17.6 Å². The van der Waals surface area contributed by atoms with E-state index in [1.54, 1.807) is 19.1 Å². The average Bonchev–Trinajstić information content (AvgIpc) is 2.58. The van der Waals surface area contributed by atoms with Crippen LogP contribution in [0, 0.1) is 24.6 Å². The van der Waals surface area contributed by atoms with Crippen LogP contribution in [0.4, 0.5) is 10.1 Å². The number of sulfone groups is 1. The van der Waals surface area contributed by atoms with Crippen LogP contribution in [0.1, 0.15) is 36.7 Å². The lowest BCUT2D eigenvalue weighted by Gasteiger charge is -2.16. The van der Waals surface area contributed by atoms with E-state index in [4.69, 9.17) is 0 Å². The fraction of sp³-hybridized carbons (Fsp3) is 0.350. The Morgan fingerprint density at radius 1 is 1.11 bits per heavy atom. The van der Waals surface area contributed by atoms with Crippen molar-refractivity contribution in [3.05, 3.63) is 59.4 Å². The van der Waals surface area contributed by atoms with Gasteiger partial charge in [-0.1, -0.05) is 26.8 Å². The normalized spacial score (nSPS) is 12.4. The molecule has 0 heterocycles. The summed E-state index contributed by atoms with van der Waals surface area (Å²) in [5, 5.41) is 2.66. The van der Waals surface area contributed by atoms with Crippen LogP contribution in [-0.4, -0.2) is 20.1 Å². The van der Waals surface area contributed by atoms with E-state index < -0.39 is 15.7 Å². The van der Waals surface area contributed by atoms with Gasteiger partial charge in [-0.3, -0.25) is 4.79 Å². The van der Waals surface area contributed by atoms with E-state index >= 15 is 0 Å². The second-order valence-electron chi connectivity index (χ2n) is 6.95. The van der Waals surface area contributed by atoms with Crippen LogP contribution in [0.3, 0.4) is 0 Å². The third kappa shape index (κ3) is 6.07. The van der Waals surface area contributed by atoms with Crippen LogP contribution in [0.2, 0.25) is 0 Å². The second-order valence-corrected chi connectivity index (χ2v) is 8.98. The first-order valence-electron chi connectivity index (χ1n) is 8.50. The molecule has 0 fully saturated rings. The molecule has 0 radical (unpaired) electrons. The number of carbonyl (C=O) groups is 1. The molecule has 0 aliphatic carbocycles. The van der Waals surface area contributed by atoms with Crippen molar-refractivity contribution >= 4 is 34.9 Å². The maximum absolute atomic E-state index is 13.3. The number of carbonyl (C=O) groups excluding carboxylic acids is 1. The molecular weight excluding hydrogens is 385 g/mol. The Morgan fingerprint density at radius 3 is 2.37 bits per heavy atom. The third-order valence-electron chi connectivity index (χ3n) is 4.49. The molecule has 0 unspecified atom stereocenters. The Hall–Kier alpha value is -1.86. The van der Waals surface area contributed by atoms with Crippen LogP contribution < -0.4 is 5.32 Å². The maximum atomic E-state index is 13.3. The van der Waals surface area contributed by atoms with Crippen LogP contribution in [0.15, 0.2) is 47.4 Å². The zero-order valence-electron chi connectivity index (χ0n) is 15.9. The molecule has 7 heteroatoms. The fourth-order valence-electron chi connectivity index (χ4n) is 2.39. The predicted molar refractivity (Wildman–Crippen MR) is 112 cm³/mol. The van der Waals surface area contributed by atoms with Crippen molar-refractivity contribution in [3.63, 3.8) is 0 Å². The molecule has 0 saturated heterocycles. The highest BCUT2D eigenvalue weighted by Gasteiger charge is 2.21. The van der Waals surface area contributed by atoms with Gasteiger partial charge in [-0.05, 0) is 60.7 Å². The Kier molecular flexibility index (Phi) is 8.04. The van der Waals surface area contributed by atoms with Crippen LogP contribution >= 0.6 is 13.5 Å². The summed E-state index contributed by atoms with van der Waals surface area (Å²) >= 11 is 0. The van der Waals surface area contributed by atoms with Gasteiger partial charge < -0.3 is 5.32 Å². The van der Waals surface area contributed by atoms with E-state index in [1.165, 1.54) is 30.3 Å². The SMILES string of the molecule is Cc1cc(NC(=O)c2cccc(S(=O)(=O)C[C@@H](C)C(C)C)c2)ccc1F.S. The van der Waals surface area contributed by atoms with Gasteiger partial charge >= 0.3 is 0 Å². The minimum Gasteiger partial charge on any atom is -0.322 e. The van der Waals surface area contributed by atoms with Gasteiger partial charge in [0, 0.05) is 11.3 Å².